The van der Waals surface area contributed by atoms with Crippen LogP contribution in [0.5, 0.6) is 0 Å². The van der Waals surface area contributed by atoms with Crippen molar-refractivity contribution < 1.29 is 19.1 Å². The lowest BCUT2D eigenvalue weighted by Gasteiger charge is -2.09. The Hall–Kier alpha value is -4.31. The predicted molar refractivity (Wildman–Crippen MR) is 113 cm³/mol. The molecule has 0 fully saturated rings. The van der Waals surface area contributed by atoms with Gasteiger partial charge in [-0.1, -0.05) is 42.5 Å². The number of nitrogens with zero attached hydrogens (tertiary/aromatic N) is 2. The molecule has 3 rings (SSSR count). The van der Waals surface area contributed by atoms with Gasteiger partial charge in [0, 0.05) is 11.9 Å². The largest absolute Gasteiger partial charge is 0.465 e. The van der Waals surface area contributed by atoms with Crippen molar-refractivity contribution in [3.05, 3.63) is 83.2 Å². The van der Waals surface area contributed by atoms with E-state index in [9.17, 15) is 14.9 Å². The summed E-state index contributed by atoms with van der Waals surface area (Å²) in [5.41, 5.74) is 8.76. The maximum Gasteiger partial charge on any atom is 0.357 e. The average molecular weight is 401 g/mol. The summed E-state index contributed by atoms with van der Waals surface area (Å²) < 4.78 is 11.2. The molecule has 0 unspecified atom stereocenters. The van der Waals surface area contributed by atoms with Gasteiger partial charge in [-0.15, -0.1) is 0 Å². The summed E-state index contributed by atoms with van der Waals surface area (Å²) in [5, 5.41) is 9.24. The quantitative estimate of drug-likeness (QED) is 0.399. The van der Waals surface area contributed by atoms with Crippen molar-refractivity contribution in [1.29, 1.82) is 5.26 Å². The number of nitriles is 1. The van der Waals surface area contributed by atoms with E-state index in [1.54, 1.807) is 30.3 Å². The minimum absolute atomic E-state index is 0.0605. The lowest BCUT2D eigenvalue weighted by Crippen LogP contribution is -2.11. The monoisotopic (exact) mass is 401 g/mol. The van der Waals surface area contributed by atoms with Gasteiger partial charge >= 0.3 is 11.9 Å². The zero-order chi connectivity index (χ0) is 21.7. The number of carbonyl (C=O) groups excluding carboxylic acids is 2. The van der Waals surface area contributed by atoms with E-state index >= 15 is 0 Å². The van der Waals surface area contributed by atoms with Crippen LogP contribution in [0.4, 0.5) is 5.69 Å². The summed E-state index contributed by atoms with van der Waals surface area (Å²) in [6, 6.07) is 18.2. The molecule has 0 saturated heterocycles. The van der Waals surface area contributed by atoms with Gasteiger partial charge in [-0.3, -0.25) is 0 Å². The highest BCUT2D eigenvalue weighted by Crippen LogP contribution is 2.26. The molecule has 0 aliphatic rings. The van der Waals surface area contributed by atoms with Gasteiger partial charge in [0.05, 0.1) is 31.0 Å². The zero-order valence-electron chi connectivity index (χ0n) is 16.5. The van der Waals surface area contributed by atoms with E-state index in [2.05, 4.69) is 0 Å². The van der Waals surface area contributed by atoms with Crippen LogP contribution in [0.25, 0.3) is 17.3 Å². The number of nitrogens with two attached hydrogens (primary N) is 1. The van der Waals surface area contributed by atoms with Crippen molar-refractivity contribution >= 4 is 29.3 Å². The molecule has 0 radical (unpaired) electrons. The maximum atomic E-state index is 12.2. The van der Waals surface area contributed by atoms with Crippen LogP contribution in [0.1, 0.15) is 27.2 Å². The molecule has 150 valence electrons. The van der Waals surface area contributed by atoms with Crippen molar-refractivity contribution in [2.24, 2.45) is 0 Å². The van der Waals surface area contributed by atoms with E-state index in [-0.39, 0.29) is 16.9 Å². The second kappa shape index (κ2) is 8.80. The SMILES string of the molecule is COC(=O)C(=Cc1ccc(-n2cc(C#N)c(N)c2C(=O)OC)cc1)c1ccccc1. The summed E-state index contributed by atoms with van der Waals surface area (Å²) in [4.78, 5) is 24.4. The van der Waals surface area contributed by atoms with Crippen molar-refractivity contribution in [2.45, 2.75) is 0 Å². The van der Waals surface area contributed by atoms with Crippen LogP contribution < -0.4 is 5.73 Å². The third-order valence-corrected chi connectivity index (χ3v) is 4.52. The Kier molecular flexibility index (Phi) is 5.99. The molecule has 3 aromatic rings. The lowest BCUT2D eigenvalue weighted by atomic mass is 10.0. The van der Waals surface area contributed by atoms with E-state index < -0.39 is 11.9 Å². The number of rotatable bonds is 5. The van der Waals surface area contributed by atoms with E-state index in [1.807, 2.05) is 36.4 Å². The molecule has 0 amide bonds. The van der Waals surface area contributed by atoms with Crippen molar-refractivity contribution in [1.82, 2.24) is 4.57 Å². The van der Waals surface area contributed by atoms with Crippen LogP contribution in [-0.2, 0) is 14.3 Å². The first-order valence-corrected chi connectivity index (χ1v) is 8.95. The molecular formula is C23H19N3O4. The Labute approximate surface area is 173 Å². The molecule has 1 aromatic heterocycles. The van der Waals surface area contributed by atoms with Crippen molar-refractivity contribution in [2.75, 3.05) is 20.0 Å². The molecule has 7 heteroatoms. The van der Waals surface area contributed by atoms with Gasteiger partial charge in [-0.05, 0) is 29.3 Å². The van der Waals surface area contributed by atoms with Gasteiger partial charge in [0.1, 0.15) is 6.07 Å². The summed E-state index contributed by atoms with van der Waals surface area (Å²) in [5.74, 6) is -1.09. The highest BCUT2D eigenvalue weighted by atomic mass is 16.5. The smallest absolute Gasteiger partial charge is 0.357 e. The molecular weight excluding hydrogens is 382 g/mol. The van der Waals surface area contributed by atoms with Gasteiger partial charge in [-0.2, -0.15) is 5.26 Å². The number of anilines is 1. The average Bonchev–Trinajstić information content (AvgIpc) is 3.13. The predicted octanol–water partition coefficient (Wildman–Crippen LogP) is 3.43. The number of aromatic nitrogens is 1. The Morgan fingerprint density at radius 2 is 1.70 bits per heavy atom. The normalized spacial score (nSPS) is 10.9. The highest BCUT2D eigenvalue weighted by Gasteiger charge is 2.21. The lowest BCUT2D eigenvalue weighted by molar-refractivity contribution is -0.133. The van der Waals surface area contributed by atoms with E-state index in [4.69, 9.17) is 15.2 Å². The van der Waals surface area contributed by atoms with E-state index in [1.165, 1.54) is 25.0 Å². The standard InChI is InChI=1S/C23H19N3O4/c1-29-22(27)19(16-6-4-3-5-7-16)12-15-8-10-18(11-9-15)26-14-17(13-24)20(25)21(26)23(28)30-2/h3-12,14H,25H2,1-2H3. The molecule has 1 heterocycles. The maximum absolute atomic E-state index is 12.2. The summed E-state index contributed by atoms with van der Waals surface area (Å²) in [7, 11) is 2.58. The number of carbonyl (C=O) groups is 2. The van der Waals surface area contributed by atoms with Crippen LogP contribution in [-0.4, -0.2) is 30.7 Å². The number of hydrogen-bond donors (Lipinski definition) is 1. The molecule has 0 spiro atoms. The zero-order valence-corrected chi connectivity index (χ0v) is 16.5. The van der Waals surface area contributed by atoms with Crippen LogP contribution >= 0.6 is 0 Å². The third-order valence-electron chi connectivity index (χ3n) is 4.52. The highest BCUT2D eigenvalue weighted by molar-refractivity contribution is 6.21. The fraction of sp³-hybridized carbons (Fsp3) is 0.0870. The van der Waals surface area contributed by atoms with Crippen LogP contribution in [0.15, 0.2) is 60.8 Å². The van der Waals surface area contributed by atoms with Gasteiger partial charge in [-0.25, -0.2) is 9.59 Å². The van der Waals surface area contributed by atoms with Gasteiger partial charge in [0.25, 0.3) is 0 Å². The Balaban J connectivity index is 2.03. The summed E-state index contributed by atoms with van der Waals surface area (Å²) in [6.45, 7) is 0. The fourth-order valence-electron chi connectivity index (χ4n) is 3.00. The molecule has 2 aromatic carbocycles. The van der Waals surface area contributed by atoms with Gasteiger partial charge in [0.2, 0.25) is 0 Å². The van der Waals surface area contributed by atoms with E-state index in [0.29, 0.717) is 11.3 Å². The molecule has 7 nitrogen and oxygen atoms in total. The Morgan fingerprint density at radius 3 is 2.27 bits per heavy atom. The molecule has 30 heavy (non-hydrogen) atoms. The number of nitrogen functional groups attached to an aromatic ring is 1. The number of methoxy groups -OCH3 is 2. The van der Waals surface area contributed by atoms with Gasteiger partial charge < -0.3 is 19.8 Å². The molecule has 0 atom stereocenters. The molecule has 0 aliphatic carbocycles. The minimum atomic E-state index is -0.643. The molecule has 0 bridgehead atoms. The first-order valence-electron chi connectivity index (χ1n) is 8.95. The van der Waals surface area contributed by atoms with Gasteiger partial charge in [0.15, 0.2) is 5.69 Å². The van der Waals surface area contributed by atoms with Crippen molar-refractivity contribution in [3.8, 4) is 11.8 Å². The number of benzene rings is 2. The first kappa shape index (κ1) is 20.4. The second-order valence-corrected chi connectivity index (χ2v) is 6.29. The molecule has 0 saturated carbocycles. The van der Waals surface area contributed by atoms with Crippen LogP contribution in [0, 0.1) is 11.3 Å². The van der Waals surface area contributed by atoms with Crippen LogP contribution in [0.3, 0.4) is 0 Å². The minimum Gasteiger partial charge on any atom is -0.465 e. The van der Waals surface area contributed by atoms with Crippen molar-refractivity contribution in [3.63, 3.8) is 0 Å². The topological polar surface area (TPSA) is 107 Å². The summed E-state index contributed by atoms with van der Waals surface area (Å²) >= 11 is 0. The summed E-state index contributed by atoms with van der Waals surface area (Å²) in [6.07, 6.45) is 3.20. The number of esters is 2. The molecule has 0 aliphatic heterocycles. The second-order valence-electron chi connectivity index (χ2n) is 6.29. The van der Waals surface area contributed by atoms with Crippen LogP contribution in [0.2, 0.25) is 0 Å². The number of hydrogen-bond acceptors (Lipinski definition) is 6. The number of ether oxygens (including phenoxy) is 2. The Morgan fingerprint density at radius 1 is 1.03 bits per heavy atom. The first-order chi connectivity index (χ1) is 14.5. The fourth-order valence-corrected chi connectivity index (χ4v) is 3.00. The van der Waals surface area contributed by atoms with E-state index in [0.717, 1.165) is 11.1 Å². The third kappa shape index (κ3) is 3.93. The Bertz CT molecular complexity index is 1150. The molecule has 2 N–H and O–H groups in total.